The van der Waals surface area contributed by atoms with E-state index in [1.165, 1.54) is 11.8 Å². The third kappa shape index (κ3) is 2.25. The van der Waals surface area contributed by atoms with Gasteiger partial charge in [0.15, 0.2) is 5.16 Å². The van der Waals surface area contributed by atoms with Crippen molar-refractivity contribution in [1.29, 1.82) is 0 Å². The van der Waals surface area contributed by atoms with Gasteiger partial charge in [-0.1, -0.05) is 11.8 Å². The van der Waals surface area contributed by atoms with Gasteiger partial charge in [0, 0.05) is 17.3 Å². The minimum atomic E-state index is -0.905. The fourth-order valence-corrected chi connectivity index (χ4v) is 2.11. The molecule has 16 heavy (non-hydrogen) atoms. The zero-order valence-corrected chi connectivity index (χ0v) is 9.41. The molecule has 1 heterocycles. The lowest BCUT2D eigenvalue weighted by molar-refractivity contribution is 0.0696. The second-order valence-electron chi connectivity index (χ2n) is 3.28. The number of imidazole rings is 1. The molecule has 1 aromatic heterocycles. The molecule has 0 aliphatic carbocycles. The molecule has 1 aromatic carbocycles. The summed E-state index contributed by atoms with van der Waals surface area (Å²) >= 11 is 1.48. The summed E-state index contributed by atoms with van der Waals surface area (Å²) in [6.07, 6.45) is 3.44. The highest BCUT2D eigenvalue weighted by atomic mass is 32.2. The summed E-state index contributed by atoms with van der Waals surface area (Å²) in [5, 5.41) is 9.63. The van der Waals surface area contributed by atoms with Crippen molar-refractivity contribution in [1.82, 2.24) is 9.97 Å². The van der Waals surface area contributed by atoms with E-state index < -0.39 is 5.97 Å². The predicted octanol–water partition coefficient (Wildman–Crippen LogP) is 2.57. The summed E-state index contributed by atoms with van der Waals surface area (Å²) in [5.41, 5.74) is 1.24. The molecule has 0 fully saturated rings. The van der Waals surface area contributed by atoms with Crippen molar-refractivity contribution in [3.05, 3.63) is 41.7 Å². The Morgan fingerprint density at radius 3 is 2.88 bits per heavy atom. The number of carbonyl (C=O) groups is 1. The molecule has 82 valence electrons. The Hall–Kier alpha value is -1.75. The molecule has 2 rings (SSSR count). The van der Waals surface area contributed by atoms with Crippen molar-refractivity contribution in [2.75, 3.05) is 0 Å². The smallest absolute Gasteiger partial charge is 0.335 e. The second kappa shape index (κ2) is 4.40. The first-order valence-electron chi connectivity index (χ1n) is 4.68. The molecule has 0 aliphatic heterocycles. The van der Waals surface area contributed by atoms with Crippen LogP contribution < -0.4 is 0 Å². The second-order valence-corrected chi connectivity index (χ2v) is 4.31. The summed E-state index contributed by atoms with van der Waals surface area (Å²) < 4.78 is 0. The Morgan fingerprint density at radius 1 is 1.50 bits per heavy atom. The number of hydrogen-bond donors (Lipinski definition) is 2. The summed E-state index contributed by atoms with van der Waals surface area (Å²) in [5.74, 6) is -0.905. The summed E-state index contributed by atoms with van der Waals surface area (Å²) in [7, 11) is 0. The van der Waals surface area contributed by atoms with Crippen LogP contribution in [0.3, 0.4) is 0 Å². The highest BCUT2D eigenvalue weighted by Crippen LogP contribution is 2.28. The summed E-state index contributed by atoms with van der Waals surface area (Å²) in [6, 6.07) is 5.06. The Kier molecular flexibility index (Phi) is 2.96. The highest BCUT2D eigenvalue weighted by molar-refractivity contribution is 7.99. The number of H-pyrrole nitrogens is 1. The van der Waals surface area contributed by atoms with E-state index in [0.717, 1.165) is 15.6 Å². The SMILES string of the molecule is Cc1cc(C(=O)O)ccc1Sc1ncc[nH]1. The van der Waals surface area contributed by atoms with Gasteiger partial charge in [-0.05, 0) is 30.7 Å². The largest absolute Gasteiger partial charge is 0.478 e. The highest BCUT2D eigenvalue weighted by Gasteiger charge is 2.07. The first kappa shape index (κ1) is 10.8. The summed E-state index contributed by atoms with van der Waals surface area (Å²) in [6.45, 7) is 1.89. The number of rotatable bonds is 3. The number of aryl methyl sites for hydroxylation is 1. The van der Waals surface area contributed by atoms with Crippen LogP contribution in [0.2, 0.25) is 0 Å². The molecule has 0 saturated carbocycles. The van der Waals surface area contributed by atoms with Crippen LogP contribution in [0.5, 0.6) is 0 Å². The molecule has 0 radical (unpaired) electrons. The Morgan fingerprint density at radius 2 is 2.31 bits per heavy atom. The van der Waals surface area contributed by atoms with Crippen LogP contribution in [-0.2, 0) is 0 Å². The van der Waals surface area contributed by atoms with Crippen molar-refractivity contribution >= 4 is 17.7 Å². The van der Waals surface area contributed by atoms with Gasteiger partial charge in [-0.3, -0.25) is 0 Å². The first-order valence-corrected chi connectivity index (χ1v) is 5.49. The maximum absolute atomic E-state index is 10.8. The predicted molar refractivity (Wildman–Crippen MR) is 60.8 cm³/mol. The number of aromatic nitrogens is 2. The number of aromatic carboxylic acids is 1. The van der Waals surface area contributed by atoms with Crippen molar-refractivity contribution < 1.29 is 9.90 Å². The molecule has 0 atom stereocenters. The van der Waals surface area contributed by atoms with Crippen LogP contribution in [0.4, 0.5) is 0 Å². The van der Waals surface area contributed by atoms with Crippen LogP contribution in [0, 0.1) is 6.92 Å². The molecule has 0 amide bonds. The Balaban J connectivity index is 2.26. The molecule has 0 spiro atoms. The van der Waals surface area contributed by atoms with Crippen molar-refractivity contribution in [3.63, 3.8) is 0 Å². The lowest BCUT2D eigenvalue weighted by Gasteiger charge is -2.04. The van der Waals surface area contributed by atoms with E-state index in [4.69, 9.17) is 5.11 Å². The van der Waals surface area contributed by atoms with Gasteiger partial charge in [-0.25, -0.2) is 9.78 Å². The van der Waals surface area contributed by atoms with Crippen molar-refractivity contribution in [3.8, 4) is 0 Å². The molecule has 2 N–H and O–H groups in total. The molecule has 0 unspecified atom stereocenters. The minimum absolute atomic E-state index is 0.307. The van der Waals surface area contributed by atoms with Gasteiger partial charge in [0.25, 0.3) is 0 Å². The van der Waals surface area contributed by atoms with Crippen molar-refractivity contribution in [2.45, 2.75) is 17.0 Å². The zero-order chi connectivity index (χ0) is 11.5. The topological polar surface area (TPSA) is 66.0 Å². The van der Waals surface area contributed by atoms with Gasteiger partial charge in [0.05, 0.1) is 5.56 Å². The van der Waals surface area contributed by atoms with Gasteiger partial charge in [-0.2, -0.15) is 0 Å². The average molecular weight is 234 g/mol. The van der Waals surface area contributed by atoms with Crippen LogP contribution in [0.1, 0.15) is 15.9 Å². The average Bonchev–Trinajstić information content (AvgIpc) is 2.73. The van der Waals surface area contributed by atoms with E-state index in [-0.39, 0.29) is 0 Å². The number of benzene rings is 1. The maximum Gasteiger partial charge on any atom is 0.335 e. The third-order valence-electron chi connectivity index (χ3n) is 2.10. The molecule has 0 bridgehead atoms. The van der Waals surface area contributed by atoms with E-state index in [9.17, 15) is 4.79 Å². The van der Waals surface area contributed by atoms with E-state index in [1.807, 2.05) is 6.92 Å². The molecular formula is C11H10N2O2S. The monoisotopic (exact) mass is 234 g/mol. The fourth-order valence-electron chi connectivity index (χ4n) is 1.31. The molecular weight excluding hydrogens is 224 g/mol. The molecule has 5 heteroatoms. The van der Waals surface area contributed by atoms with Crippen LogP contribution >= 0.6 is 11.8 Å². The molecule has 4 nitrogen and oxygen atoms in total. The van der Waals surface area contributed by atoms with Gasteiger partial charge in [0.2, 0.25) is 0 Å². The van der Waals surface area contributed by atoms with Gasteiger partial charge in [-0.15, -0.1) is 0 Å². The zero-order valence-electron chi connectivity index (χ0n) is 8.60. The number of nitrogens with one attached hydrogen (secondary N) is 1. The minimum Gasteiger partial charge on any atom is -0.478 e. The molecule has 2 aromatic rings. The number of aromatic amines is 1. The lowest BCUT2D eigenvalue weighted by atomic mass is 10.1. The summed E-state index contributed by atoms with van der Waals surface area (Å²) in [4.78, 5) is 18.8. The standard InChI is InChI=1S/C11H10N2O2S/c1-7-6-8(10(14)15)2-3-9(7)16-11-12-4-5-13-11/h2-6H,1H3,(H,12,13)(H,14,15). The fraction of sp³-hybridized carbons (Fsp3) is 0.0909. The van der Waals surface area contributed by atoms with Crippen LogP contribution in [-0.4, -0.2) is 21.0 Å². The van der Waals surface area contributed by atoms with Gasteiger partial charge in [0.1, 0.15) is 0 Å². The Labute approximate surface area is 96.7 Å². The van der Waals surface area contributed by atoms with E-state index >= 15 is 0 Å². The number of hydrogen-bond acceptors (Lipinski definition) is 3. The van der Waals surface area contributed by atoms with Crippen LogP contribution in [0.15, 0.2) is 40.6 Å². The van der Waals surface area contributed by atoms with Crippen LogP contribution in [0.25, 0.3) is 0 Å². The maximum atomic E-state index is 10.8. The third-order valence-corrected chi connectivity index (χ3v) is 3.20. The quantitative estimate of drug-likeness (QED) is 0.856. The van der Waals surface area contributed by atoms with Crippen molar-refractivity contribution in [2.24, 2.45) is 0 Å². The normalized spacial score (nSPS) is 10.3. The van der Waals surface area contributed by atoms with Gasteiger partial charge >= 0.3 is 5.97 Å². The first-order chi connectivity index (χ1) is 7.66. The Bertz CT molecular complexity index is 509. The molecule has 0 saturated heterocycles. The van der Waals surface area contributed by atoms with Gasteiger partial charge < -0.3 is 10.1 Å². The van der Waals surface area contributed by atoms with E-state index in [0.29, 0.717) is 5.56 Å². The number of nitrogens with zero attached hydrogens (tertiary/aromatic N) is 1. The number of carboxylic acids is 1. The van der Waals surface area contributed by atoms with E-state index in [2.05, 4.69) is 9.97 Å². The number of carboxylic acid groups (broad SMARTS) is 1. The lowest BCUT2D eigenvalue weighted by Crippen LogP contribution is -1.96. The van der Waals surface area contributed by atoms with E-state index in [1.54, 1.807) is 30.6 Å². The molecule has 0 aliphatic rings.